The lowest BCUT2D eigenvalue weighted by molar-refractivity contribution is -0.0848. The van der Waals surface area contributed by atoms with Gasteiger partial charge in [0.15, 0.2) is 12.6 Å². The van der Waals surface area contributed by atoms with Crippen molar-refractivity contribution in [3.05, 3.63) is 0 Å². The Hall–Kier alpha value is 0.620. The zero-order valence-electron chi connectivity index (χ0n) is 16.7. The molecule has 0 aromatic carbocycles. The van der Waals surface area contributed by atoms with E-state index < -0.39 is 0 Å². The molecule has 0 heterocycles. The van der Waals surface area contributed by atoms with Gasteiger partial charge in [-0.3, -0.25) is 0 Å². The molecule has 0 rings (SSSR count). The predicted molar refractivity (Wildman–Crippen MR) is 109 cm³/mol. The van der Waals surface area contributed by atoms with Crippen molar-refractivity contribution in [2.75, 3.05) is 85.9 Å². The Morgan fingerprint density at radius 2 is 1.24 bits per heavy atom. The average molecular weight is 399 g/mol. The molecule has 0 bridgehead atoms. The second kappa shape index (κ2) is 19.4. The van der Waals surface area contributed by atoms with Crippen molar-refractivity contribution >= 4 is 17.2 Å². The van der Waals surface area contributed by atoms with Crippen LogP contribution in [0.2, 0.25) is 0 Å². The van der Waals surface area contributed by atoms with Gasteiger partial charge in [-0.1, -0.05) is 0 Å². The van der Waals surface area contributed by atoms with E-state index in [1.165, 1.54) is 12.3 Å². The molecule has 0 saturated carbocycles. The van der Waals surface area contributed by atoms with Crippen LogP contribution in [0.25, 0.3) is 0 Å². The molecule has 0 aromatic rings. The van der Waals surface area contributed by atoms with Gasteiger partial charge in [-0.25, -0.2) is 0 Å². The van der Waals surface area contributed by atoms with Crippen LogP contribution < -0.4 is 0 Å². The summed E-state index contributed by atoms with van der Waals surface area (Å²) in [6.45, 7) is 7.06. The fraction of sp³-hybridized carbons (Fsp3) is 1.00. The zero-order valence-corrected chi connectivity index (χ0v) is 18.7. The molecule has 0 aliphatic carbocycles. The minimum atomic E-state index is -0.0637. The number of hydrogen-bond donors (Lipinski definition) is 0. The fourth-order valence-corrected chi connectivity index (χ4v) is 4.80. The van der Waals surface area contributed by atoms with E-state index in [9.17, 15) is 0 Å². The molecule has 0 aliphatic heterocycles. The van der Waals surface area contributed by atoms with Crippen molar-refractivity contribution in [3.8, 4) is 0 Å². The van der Waals surface area contributed by atoms with Gasteiger partial charge in [-0.15, -0.1) is 17.2 Å². The molecule has 2 unspecified atom stereocenters. The molecule has 152 valence electrons. The van der Waals surface area contributed by atoms with Gasteiger partial charge in [-0.2, -0.15) is 0 Å². The van der Waals surface area contributed by atoms with Crippen LogP contribution >= 0.6 is 17.2 Å². The number of hydrogen-bond acceptors (Lipinski definition) is 6. The molecule has 0 N–H and O–H groups in total. The Kier molecular flexibility index (Phi) is 19.9. The summed E-state index contributed by atoms with van der Waals surface area (Å²) < 4.78 is 26.5. The molecular formula is C17H39NO5P2. The monoisotopic (exact) mass is 399 g/mol. The number of ether oxygens (including phenoxy) is 5. The number of rotatable bonds is 19. The number of methoxy groups -OCH3 is 4. The molecule has 0 fully saturated rings. The van der Waals surface area contributed by atoms with Gasteiger partial charge in [0.05, 0.1) is 0 Å². The fourth-order valence-electron chi connectivity index (χ4n) is 2.31. The molecule has 8 heteroatoms. The van der Waals surface area contributed by atoms with E-state index >= 15 is 0 Å². The Labute approximate surface area is 158 Å². The van der Waals surface area contributed by atoms with E-state index in [1.54, 1.807) is 28.4 Å². The summed E-state index contributed by atoms with van der Waals surface area (Å²) in [7, 11) is 8.54. The third-order valence-electron chi connectivity index (χ3n) is 3.85. The molecule has 2 atom stereocenters. The lowest BCUT2D eigenvalue weighted by Gasteiger charge is -2.23. The SMILES string of the molecule is CCOCCCN(CCPCC(OC)OC)CCPCC(OC)OC. The second-order valence-electron chi connectivity index (χ2n) is 5.60. The first-order chi connectivity index (χ1) is 12.2. The van der Waals surface area contributed by atoms with Gasteiger partial charge < -0.3 is 28.6 Å². The highest BCUT2D eigenvalue weighted by Gasteiger charge is 2.09. The van der Waals surface area contributed by atoms with Crippen molar-refractivity contribution in [3.63, 3.8) is 0 Å². The average Bonchev–Trinajstić information content (AvgIpc) is 2.64. The summed E-state index contributed by atoms with van der Waals surface area (Å²) >= 11 is 0. The largest absolute Gasteiger partial charge is 0.382 e. The first kappa shape index (κ1) is 25.6. The third-order valence-corrected chi connectivity index (χ3v) is 6.25. The van der Waals surface area contributed by atoms with E-state index in [1.807, 2.05) is 6.92 Å². The molecule has 0 radical (unpaired) electrons. The highest BCUT2D eigenvalue weighted by Crippen LogP contribution is 2.16. The molecule has 0 saturated heterocycles. The standard InChI is InChI=1S/C17H39NO5P2/c1-6-23-11-7-8-18(9-12-24-14-16(19-2)20-3)10-13-25-15-17(21-4)22-5/h16-17,24-25H,6-15H2,1-5H3. The maximum Gasteiger partial charge on any atom is 0.160 e. The van der Waals surface area contributed by atoms with Crippen LogP contribution in [0.4, 0.5) is 0 Å². The highest BCUT2D eigenvalue weighted by atomic mass is 31.1. The van der Waals surface area contributed by atoms with Crippen LogP contribution in [0.5, 0.6) is 0 Å². The topological polar surface area (TPSA) is 49.4 Å². The highest BCUT2D eigenvalue weighted by molar-refractivity contribution is 7.38. The van der Waals surface area contributed by atoms with Crippen molar-refractivity contribution in [1.29, 1.82) is 0 Å². The summed E-state index contributed by atoms with van der Waals surface area (Å²) in [5.74, 6) is 0. The van der Waals surface area contributed by atoms with E-state index in [-0.39, 0.29) is 12.6 Å². The van der Waals surface area contributed by atoms with Crippen LogP contribution in [-0.4, -0.2) is 103 Å². The van der Waals surface area contributed by atoms with E-state index in [2.05, 4.69) is 4.90 Å². The summed E-state index contributed by atoms with van der Waals surface area (Å²) in [5.41, 5.74) is 0. The Bertz CT molecular complexity index is 249. The smallest absolute Gasteiger partial charge is 0.160 e. The summed E-state index contributed by atoms with van der Waals surface area (Å²) in [4.78, 5) is 2.56. The van der Waals surface area contributed by atoms with Crippen molar-refractivity contribution in [1.82, 2.24) is 4.90 Å². The Balaban J connectivity index is 4.00. The Morgan fingerprint density at radius 3 is 1.64 bits per heavy atom. The molecule has 6 nitrogen and oxygen atoms in total. The van der Waals surface area contributed by atoms with Gasteiger partial charge in [0.1, 0.15) is 0 Å². The number of nitrogens with zero attached hydrogens (tertiary/aromatic N) is 1. The van der Waals surface area contributed by atoms with Crippen LogP contribution in [0, 0.1) is 0 Å². The van der Waals surface area contributed by atoms with Crippen molar-refractivity contribution in [2.45, 2.75) is 25.9 Å². The molecule has 25 heavy (non-hydrogen) atoms. The van der Waals surface area contributed by atoms with E-state index in [4.69, 9.17) is 23.7 Å². The minimum Gasteiger partial charge on any atom is -0.382 e. The molecule has 0 aromatic heterocycles. The quantitative estimate of drug-likeness (QED) is 0.189. The minimum absolute atomic E-state index is 0.0637. The van der Waals surface area contributed by atoms with Crippen LogP contribution in [-0.2, 0) is 23.7 Å². The zero-order chi connectivity index (χ0) is 18.8. The molecule has 0 amide bonds. The van der Waals surface area contributed by atoms with Gasteiger partial charge >= 0.3 is 0 Å². The first-order valence-electron chi connectivity index (χ1n) is 9.04. The maximum absolute atomic E-state index is 5.47. The van der Waals surface area contributed by atoms with Gasteiger partial charge in [0, 0.05) is 73.6 Å². The lowest BCUT2D eigenvalue weighted by Crippen LogP contribution is -2.30. The predicted octanol–water partition coefficient (Wildman–Crippen LogP) is 2.31. The normalized spacial score (nSPS) is 13.0. The van der Waals surface area contributed by atoms with Gasteiger partial charge in [0.25, 0.3) is 0 Å². The summed E-state index contributed by atoms with van der Waals surface area (Å²) in [6.07, 6.45) is 5.31. The molecule has 0 spiro atoms. The first-order valence-corrected chi connectivity index (χ1v) is 11.9. The van der Waals surface area contributed by atoms with Crippen LogP contribution in [0.1, 0.15) is 13.3 Å². The maximum atomic E-state index is 5.47. The third kappa shape index (κ3) is 15.4. The Morgan fingerprint density at radius 1 is 0.760 bits per heavy atom. The molecule has 0 aliphatic rings. The van der Waals surface area contributed by atoms with Gasteiger partial charge in [-0.05, 0) is 25.7 Å². The van der Waals surface area contributed by atoms with E-state index in [0.29, 0.717) is 0 Å². The summed E-state index contributed by atoms with van der Waals surface area (Å²) in [6, 6.07) is 0. The van der Waals surface area contributed by atoms with Crippen molar-refractivity contribution < 1.29 is 23.7 Å². The summed E-state index contributed by atoms with van der Waals surface area (Å²) in [5, 5.41) is 0. The van der Waals surface area contributed by atoms with E-state index in [0.717, 1.165) is 68.8 Å². The second-order valence-corrected chi connectivity index (χ2v) is 8.42. The van der Waals surface area contributed by atoms with Crippen LogP contribution in [0.3, 0.4) is 0 Å². The van der Waals surface area contributed by atoms with Crippen LogP contribution in [0.15, 0.2) is 0 Å². The van der Waals surface area contributed by atoms with Gasteiger partial charge in [0.2, 0.25) is 0 Å². The lowest BCUT2D eigenvalue weighted by atomic mass is 10.4. The molecular weight excluding hydrogens is 360 g/mol. The van der Waals surface area contributed by atoms with Crippen molar-refractivity contribution in [2.24, 2.45) is 0 Å².